The highest BCUT2D eigenvalue weighted by atomic mass is 35.5. The lowest BCUT2D eigenvalue weighted by molar-refractivity contribution is 0.481. The third kappa shape index (κ3) is 5.30. The Labute approximate surface area is 180 Å². The van der Waals surface area contributed by atoms with Crippen LogP contribution < -0.4 is 9.80 Å². The van der Waals surface area contributed by atoms with E-state index in [1.807, 2.05) is 48.2 Å². The fourth-order valence-electron chi connectivity index (χ4n) is 3.21. The molecule has 1 heterocycles. The highest BCUT2D eigenvalue weighted by Gasteiger charge is 2.31. The highest BCUT2D eigenvalue weighted by Crippen LogP contribution is 2.45. The Morgan fingerprint density at radius 2 is 1.69 bits per heavy atom. The summed E-state index contributed by atoms with van der Waals surface area (Å²) < 4.78 is 31.3. The van der Waals surface area contributed by atoms with Gasteiger partial charge >= 0.3 is 0 Å². The molecule has 0 fully saturated rings. The van der Waals surface area contributed by atoms with E-state index in [-0.39, 0.29) is 12.2 Å². The van der Waals surface area contributed by atoms with E-state index in [4.69, 9.17) is 27.8 Å². The van der Waals surface area contributed by atoms with Crippen molar-refractivity contribution in [3.05, 3.63) is 64.4 Å². The minimum absolute atomic E-state index is 0.253. The molecule has 0 bridgehead atoms. The Balaban J connectivity index is 1.96. The van der Waals surface area contributed by atoms with Gasteiger partial charge in [-0.3, -0.25) is 9.55 Å². The average Bonchev–Trinajstić information content (AvgIpc) is 2.94. The van der Waals surface area contributed by atoms with E-state index in [1.165, 1.54) is 0 Å². The number of allylic oxidation sites excluding steroid dienone is 1. The van der Waals surface area contributed by atoms with Crippen molar-refractivity contribution in [1.29, 1.82) is 0 Å². The average molecular weight is 454 g/mol. The van der Waals surface area contributed by atoms with Gasteiger partial charge in [-0.25, -0.2) is 0 Å². The number of anilines is 2. The maximum Gasteiger partial charge on any atom is 0.264 e. The highest BCUT2D eigenvalue weighted by molar-refractivity contribution is 7.85. The SMILES string of the molecule is CCN1/C(=C\C=Nc2ccccc2)N(CCCS(=O)(=O)O)c2cc(Cl)c(Cl)cc21. The molecule has 1 aliphatic heterocycles. The van der Waals surface area contributed by atoms with Gasteiger partial charge in [0.1, 0.15) is 5.82 Å². The molecule has 6 nitrogen and oxygen atoms in total. The molecule has 1 N–H and O–H groups in total. The van der Waals surface area contributed by atoms with Crippen molar-refractivity contribution in [2.24, 2.45) is 4.99 Å². The molecule has 0 amide bonds. The van der Waals surface area contributed by atoms with Gasteiger partial charge in [-0.2, -0.15) is 8.42 Å². The Kier molecular flexibility index (Phi) is 6.85. The summed E-state index contributed by atoms with van der Waals surface area (Å²) in [5.41, 5.74) is 2.54. The molecule has 9 heteroatoms. The molecular weight excluding hydrogens is 433 g/mol. The smallest absolute Gasteiger partial charge is 0.264 e. The van der Waals surface area contributed by atoms with E-state index in [2.05, 4.69) is 9.89 Å². The molecule has 3 rings (SSSR count). The summed E-state index contributed by atoms with van der Waals surface area (Å²) >= 11 is 12.5. The maximum absolute atomic E-state index is 11.1. The summed E-state index contributed by atoms with van der Waals surface area (Å²) in [6, 6.07) is 13.1. The minimum atomic E-state index is -4.03. The summed E-state index contributed by atoms with van der Waals surface area (Å²) in [6.07, 6.45) is 3.83. The van der Waals surface area contributed by atoms with Crippen LogP contribution in [0.3, 0.4) is 0 Å². The normalized spacial score (nSPS) is 15.5. The van der Waals surface area contributed by atoms with Gasteiger partial charge in [-0.05, 0) is 43.7 Å². The quantitative estimate of drug-likeness (QED) is 0.462. The Morgan fingerprint density at radius 3 is 2.28 bits per heavy atom. The van der Waals surface area contributed by atoms with Crippen LogP contribution in [0.5, 0.6) is 0 Å². The second-order valence-electron chi connectivity index (χ2n) is 6.43. The Morgan fingerprint density at radius 1 is 1.07 bits per heavy atom. The molecule has 0 unspecified atom stereocenters. The summed E-state index contributed by atoms with van der Waals surface area (Å²) in [4.78, 5) is 8.47. The molecule has 1 aliphatic rings. The first kappa shape index (κ1) is 21.6. The lowest BCUT2D eigenvalue weighted by Crippen LogP contribution is -2.30. The van der Waals surface area contributed by atoms with E-state index in [9.17, 15) is 8.42 Å². The van der Waals surface area contributed by atoms with Crippen LogP contribution in [0.2, 0.25) is 10.0 Å². The van der Waals surface area contributed by atoms with Crippen molar-refractivity contribution in [2.45, 2.75) is 13.3 Å². The first-order valence-electron chi connectivity index (χ1n) is 9.09. The summed E-state index contributed by atoms with van der Waals surface area (Å²) in [5, 5.41) is 0.862. The minimum Gasteiger partial charge on any atom is -0.326 e. The van der Waals surface area contributed by atoms with Crippen molar-refractivity contribution in [3.8, 4) is 0 Å². The fraction of sp³-hybridized carbons (Fsp3) is 0.250. The maximum atomic E-state index is 11.1. The van der Waals surface area contributed by atoms with Gasteiger partial charge in [0.25, 0.3) is 10.1 Å². The lowest BCUT2D eigenvalue weighted by atomic mass is 10.2. The standard InChI is InChI=1S/C20H21Cl2N3O3S/c1-2-24-18-13-16(21)17(22)14-19(18)25(11-6-12-29(26,27)28)20(24)9-10-23-15-7-4-3-5-8-15/h3-5,7-10,13-14H,2,6,11-12H2,1H3,(H,26,27,28)/b20-9+,23-10?. The molecule has 0 aliphatic carbocycles. The third-order valence-corrected chi connectivity index (χ3v) is 5.98. The lowest BCUT2D eigenvalue weighted by Gasteiger charge is -2.24. The predicted molar refractivity (Wildman–Crippen MR) is 121 cm³/mol. The number of fused-ring (bicyclic) bond motifs is 1. The summed E-state index contributed by atoms with van der Waals surface area (Å²) in [7, 11) is -4.03. The molecule has 154 valence electrons. The van der Waals surface area contributed by atoms with Crippen molar-refractivity contribution in [3.63, 3.8) is 0 Å². The van der Waals surface area contributed by atoms with Gasteiger partial charge in [0.2, 0.25) is 0 Å². The van der Waals surface area contributed by atoms with Crippen LogP contribution in [0.1, 0.15) is 13.3 Å². The van der Waals surface area contributed by atoms with Crippen LogP contribution in [0, 0.1) is 0 Å². The molecule has 0 saturated carbocycles. The second-order valence-corrected chi connectivity index (χ2v) is 8.82. The van der Waals surface area contributed by atoms with Crippen LogP contribution in [0.25, 0.3) is 0 Å². The number of rotatable bonds is 7. The van der Waals surface area contributed by atoms with Gasteiger partial charge in [-0.1, -0.05) is 41.4 Å². The van der Waals surface area contributed by atoms with E-state index in [0.717, 1.165) is 22.9 Å². The molecular formula is C20H21Cl2N3O3S. The van der Waals surface area contributed by atoms with Crippen LogP contribution in [-0.2, 0) is 10.1 Å². The third-order valence-electron chi connectivity index (χ3n) is 4.46. The number of aliphatic imine (C=N–C) groups is 1. The topological polar surface area (TPSA) is 73.2 Å². The number of nitrogens with zero attached hydrogens (tertiary/aromatic N) is 3. The molecule has 0 radical (unpaired) electrons. The van der Waals surface area contributed by atoms with Gasteiger partial charge in [-0.15, -0.1) is 0 Å². The molecule has 0 saturated heterocycles. The number of hydrogen-bond donors (Lipinski definition) is 1. The van der Waals surface area contributed by atoms with Crippen LogP contribution in [0.15, 0.2) is 59.4 Å². The molecule has 29 heavy (non-hydrogen) atoms. The van der Waals surface area contributed by atoms with Crippen LogP contribution in [0.4, 0.5) is 17.1 Å². The van der Waals surface area contributed by atoms with Crippen molar-refractivity contribution in [2.75, 3.05) is 28.6 Å². The Bertz CT molecular complexity index is 1040. The summed E-state index contributed by atoms with van der Waals surface area (Å²) in [5.74, 6) is 0.508. The van der Waals surface area contributed by atoms with E-state index in [1.54, 1.807) is 18.3 Å². The van der Waals surface area contributed by atoms with Gasteiger partial charge in [0.15, 0.2) is 0 Å². The zero-order valence-corrected chi connectivity index (χ0v) is 18.1. The van der Waals surface area contributed by atoms with Gasteiger partial charge in [0, 0.05) is 19.3 Å². The summed E-state index contributed by atoms with van der Waals surface area (Å²) in [6.45, 7) is 3.06. The molecule has 2 aromatic carbocycles. The number of hydrogen-bond acceptors (Lipinski definition) is 5. The number of benzene rings is 2. The molecule has 0 atom stereocenters. The molecule has 0 spiro atoms. The monoisotopic (exact) mass is 453 g/mol. The van der Waals surface area contributed by atoms with E-state index < -0.39 is 10.1 Å². The predicted octanol–water partition coefficient (Wildman–Crippen LogP) is 5.16. The van der Waals surface area contributed by atoms with Gasteiger partial charge < -0.3 is 9.80 Å². The second kappa shape index (κ2) is 9.17. The zero-order chi connectivity index (χ0) is 21.0. The van der Waals surface area contributed by atoms with Crippen LogP contribution >= 0.6 is 23.2 Å². The fourth-order valence-corrected chi connectivity index (χ4v) is 4.02. The molecule has 0 aromatic heterocycles. The van der Waals surface area contributed by atoms with Crippen LogP contribution in [-0.4, -0.2) is 38.0 Å². The number of para-hydroxylation sites is 1. The van der Waals surface area contributed by atoms with Gasteiger partial charge in [0.05, 0.1) is 32.9 Å². The van der Waals surface area contributed by atoms with Crippen molar-refractivity contribution >= 4 is 56.6 Å². The first-order valence-corrected chi connectivity index (χ1v) is 11.5. The van der Waals surface area contributed by atoms with Crippen molar-refractivity contribution in [1.82, 2.24) is 0 Å². The molecule has 2 aromatic rings. The largest absolute Gasteiger partial charge is 0.326 e. The van der Waals surface area contributed by atoms with E-state index >= 15 is 0 Å². The van der Waals surface area contributed by atoms with E-state index in [0.29, 0.717) is 23.1 Å². The first-order chi connectivity index (χ1) is 13.8. The number of halogens is 2. The Hall–Kier alpha value is -2.06. The zero-order valence-electron chi connectivity index (χ0n) is 15.8. The van der Waals surface area contributed by atoms with Crippen molar-refractivity contribution < 1.29 is 13.0 Å².